The highest BCUT2D eigenvalue weighted by Gasteiger charge is 2.08. The summed E-state index contributed by atoms with van der Waals surface area (Å²) >= 11 is 0. The van der Waals surface area contributed by atoms with Gasteiger partial charge in [-0.3, -0.25) is 15.0 Å². The van der Waals surface area contributed by atoms with E-state index in [0.29, 0.717) is 6.29 Å². The molecular formula is C10H9NO4. The molecule has 0 saturated heterocycles. The van der Waals surface area contributed by atoms with E-state index in [-0.39, 0.29) is 22.8 Å². The Balaban J connectivity index is 3.02. The molecule has 1 rings (SSSR count). The van der Waals surface area contributed by atoms with Crippen LogP contribution >= 0.6 is 0 Å². The van der Waals surface area contributed by atoms with Crippen LogP contribution in [0.2, 0.25) is 0 Å². The molecule has 0 aliphatic rings. The lowest BCUT2D eigenvalue weighted by Gasteiger charge is -2.04. The lowest BCUT2D eigenvalue weighted by molar-refractivity contribution is -0.131. The monoisotopic (exact) mass is 207 g/mol. The molecule has 0 aliphatic carbocycles. The molecule has 0 radical (unpaired) electrons. The van der Waals surface area contributed by atoms with Crippen molar-refractivity contribution in [3.8, 4) is 11.5 Å². The third kappa shape index (κ3) is 2.63. The summed E-state index contributed by atoms with van der Waals surface area (Å²) in [5.41, 5.74) is -0.234. The van der Waals surface area contributed by atoms with Crippen molar-refractivity contribution in [1.82, 2.24) is 0 Å². The first kappa shape index (κ1) is 10.9. The maximum Gasteiger partial charge on any atom is 0.308 e. The minimum absolute atomic E-state index is 0.0981. The van der Waals surface area contributed by atoms with Crippen LogP contribution in [0.5, 0.6) is 11.5 Å². The topological polar surface area (TPSA) is 87.5 Å². The lowest BCUT2D eigenvalue weighted by Crippen LogP contribution is -2.03. The van der Waals surface area contributed by atoms with Gasteiger partial charge in [0.1, 0.15) is 17.2 Å². The summed E-state index contributed by atoms with van der Waals surface area (Å²) in [4.78, 5) is 20.9. The minimum atomic E-state index is -0.507. The minimum Gasteiger partial charge on any atom is -0.507 e. The first-order chi connectivity index (χ1) is 7.04. The van der Waals surface area contributed by atoms with E-state index in [9.17, 15) is 14.7 Å². The third-order valence-corrected chi connectivity index (χ3v) is 1.64. The molecule has 0 atom stereocenters. The Kier molecular flexibility index (Phi) is 3.17. The molecule has 0 aromatic heterocycles. The number of phenols is 1. The Bertz CT molecular complexity index is 425. The molecule has 78 valence electrons. The Hall–Kier alpha value is -2.17. The predicted molar refractivity (Wildman–Crippen MR) is 52.3 cm³/mol. The molecule has 0 spiro atoms. The summed E-state index contributed by atoms with van der Waals surface area (Å²) in [6, 6.07) is 3.91. The fourth-order valence-corrected chi connectivity index (χ4v) is 1.03. The van der Waals surface area contributed by atoms with E-state index in [1.54, 1.807) is 0 Å². The van der Waals surface area contributed by atoms with Crippen LogP contribution < -0.4 is 4.74 Å². The summed E-state index contributed by atoms with van der Waals surface area (Å²) in [6.07, 6.45) is 0.320. The van der Waals surface area contributed by atoms with E-state index < -0.39 is 5.97 Å². The number of aldehydes is 1. The van der Waals surface area contributed by atoms with Crippen molar-refractivity contribution in [2.24, 2.45) is 0 Å². The van der Waals surface area contributed by atoms with Gasteiger partial charge in [0.15, 0.2) is 6.29 Å². The highest BCUT2D eigenvalue weighted by Crippen LogP contribution is 2.23. The molecule has 0 heterocycles. The fraction of sp³-hybridized carbons (Fsp3) is 0.100. The largest absolute Gasteiger partial charge is 0.507 e. The van der Waals surface area contributed by atoms with Gasteiger partial charge in [-0.2, -0.15) is 0 Å². The van der Waals surface area contributed by atoms with Crippen LogP contribution in [0.25, 0.3) is 0 Å². The fourth-order valence-electron chi connectivity index (χ4n) is 1.03. The summed E-state index contributed by atoms with van der Waals surface area (Å²) in [5.74, 6) is -0.610. The average molecular weight is 207 g/mol. The molecule has 5 heteroatoms. The van der Waals surface area contributed by atoms with Crippen LogP contribution in [-0.4, -0.2) is 23.1 Å². The second-order valence-electron chi connectivity index (χ2n) is 2.80. The Labute approximate surface area is 85.8 Å². The third-order valence-electron chi connectivity index (χ3n) is 1.64. The molecule has 15 heavy (non-hydrogen) atoms. The van der Waals surface area contributed by atoms with Crippen molar-refractivity contribution < 1.29 is 19.4 Å². The van der Waals surface area contributed by atoms with E-state index in [4.69, 9.17) is 10.1 Å². The molecule has 0 fully saturated rings. The van der Waals surface area contributed by atoms with Crippen molar-refractivity contribution >= 4 is 18.0 Å². The van der Waals surface area contributed by atoms with Gasteiger partial charge in [0.25, 0.3) is 0 Å². The van der Waals surface area contributed by atoms with Crippen molar-refractivity contribution in [1.29, 1.82) is 5.41 Å². The van der Waals surface area contributed by atoms with Crippen LogP contribution in [0.15, 0.2) is 18.2 Å². The zero-order valence-corrected chi connectivity index (χ0v) is 7.98. The maximum absolute atomic E-state index is 10.6. The second-order valence-corrected chi connectivity index (χ2v) is 2.80. The number of rotatable bonds is 3. The average Bonchev–Trinajstić information content (AvgIpc) is 2.16. The van der Waals surface area contributed by atoms with Crippen LogP contribution in [-0.2, 0) is 9.59 Å². The standard InChI is InChI=1S/C10H9NO4/c1-6(13)15-7-2-3-8(9(11)5-12)10(14)4-7/h2-5,11,14H,1H3. The number of benzene rings is 1. The first-order valence-corrected chi connectivity index (χ1v) is 4.10. The van der Waals surface area contributed by atoms with Gasteiger partial charge in [0.05, 0.1) is 0 Å². The Morgan fingerprint density at radius 2 is 2.20 bits per heavy atom. The molecule has 0 aliphatic heterocycles. The zero-order valence-electron chi connectivity index (χ0n) is 7.98. The van der Waals surface area contributed by atoms with Crippen LogP contribution in [0.3, 0.4) is 0 Å². The van der Waals surface area contributed by atoms with E-state index in [1.165, 1.54) is 25.1 Å². The van der Waals surface area contributed by atoms with Crippen molar-refractivity contribution in [3.63, 3.8) is 0 Å². The molecule has 1 aromatic rings. The van der Waals surface area contributed by atoms with E-state index in [1.807, 2.05) is 0 Å². The second kappa shape index (κ2) is 4.36. The number of phenolic OH excluding ortho intramolecular Hbond substituents is 1. The van der Waals surface area contributed by atoms with Crippen LogP contribution in [0.1, 0.15) is 12.5 Å². The summed E-state index contributed by atoms with van der Waals surface area (Å²) in [6.45, 7) is 1.23. The number of nitrogens with one attached hydrogen (secondary N) is 1. The van der Waals surface area contributed by atoms with Crippen LogP contribution in [0, 0.1) is 5.41 Å². The van der Waals surface area contributed by atoms with Gasteiger partial charge in [0.2, 0.25) is 0 Å². The van der Waals surface area contributed by atoms with Crippen LogP contribution in [0.4, 0.5) is 0 Å². The van der Waals surface area contributed by atoms with Gasteiger partial charge in [-0.15, -0.1) is 0 Å². The van der Waals surface area contributed by atoms with E-state index >= 15 is 0 Å². The molecule has 0 amide bonds. The summed E-state index contributed by atoms with van der Waals surface area (Å²) < 4.78 is 4.71. The van der Waals surface area contributed by atoms with Gasteiger partial charge in [-0.1, -0.05) is 0 Å². The number of ether oxygens (including phenoxy) is 1. The van der Waals surface area contributed by atoms with E-state index in [2.05, 4.69) is 0 Å². The normalized spacial score (nSPS) is 9.40. The van der Waals surface area contributed by atoms with Crippen molar-refractivity contribution in [2.45, 2.75) is 6.92 Å². The summed E-state index contributed by atoms with van der Waals surface area (Å²) in [7, 11) is 0. The number of esters is 1. The summed E-state index contributed by atoms with van der Waals surface area (Å²) in [5, 5.41) is 16.6. The van der Waals surface area contributed by atoms with Gasteiger partial charge in [0, 0.05) is 18.6 Å². The quantitative estimate of drug-likeness (QED) is 0.333. The zero-order chi connectivity index (χ0) is 11.4. The molecule has 0 saturated carbocycles. The molecular weight excluding hydrogens is 198 g/mol. The number of hydrogen-bond acceptors (Lipinski definition) is 5. The number of carbonyl (C=O) groups is 2. The molecule has 2 N–H and O–H groups in total. The highest BCUT2D eigenvalue weighted by atomic mass is 16.5. The molecule has 1 aromatic carbocycles. The smallest absolute Gasteiger partial charge is 0.308 e. The predicted octanol–water partition coefficient (Wildman–Crippen LogP) is 0.884. The number of carbonyl (C=O) groups excluding carboxylic acids is 2. The van der Waals surface area contributed by atoms with Gasteiger partial charge < -0.3 is 9.84 Å². The molecule has 0 bridgehead atoms. The molecule has 0 unspecified atom stereocenters. The van der Waals surface area contributed by atoms with E-state index in [0.717, 1.165) is 0 Å². The Morgan fingerprint density at radius 3 is 2.67 bits per heavy atom. The van der Waals surface area contributed by atoms with Gasteiger partial charge >= 0.3 is 5.97 Å². The maximum atomic E-state index is 10.6. The molecule has 5 nitrogen and oxygen atoms in total. The lowest BCUT2D eigenvalue weighted by atomic mass is 10.1. The Morgan fingerprint density at radius 1 is 1.53 bits per heavy atom. The van der Waals surface area contributed by atoms with Crippen molar-refractivity contribution in [3.05, 3.63) is 23.8 Å². The number of hydrogen-bond donors (Lipinski definition) is 2. The SMILES string of the molecule is CC(=O)Oc1ccc(C(=N)C=O)c(O)c1. The van der Waals surface area contributed by atoms with Crippen molar-refractivity contribution in [2.75, 3.05) is 0 Å². The highest BCUT2D eigenvalue weighted by molar-refractivity contribution is 6.35. The van der Waals surface area contributed by atoms with Gasteiger partial charge in [-0.05, 0) is 12.1 Å². The van der Waals surface area contributed by atoms with Gasteiger partial charge in [-0.25, -0.2) is 0 Å². The number of aromatic hydroxyl groups is 1. The first-order valence-electron chi connectivity index (χ1n) is 4.10.